The van der Waals surface area contributed by atoms with E-state index in [9.17, 15) is 0 Å². The fraction of sp³-hybridized carbons (Fsp3) is 0.895. The molecule has 0 rings (SSSR count). The topological polar surface area (TPSA) is 0 Å². The van der Waals surface area contributed by atoms with Gasteiger partial charge in [0.2, 0.25) is 0 Å². The lowest BCUT2D eigenvalue weighted by molar-refractivity contribution is 0.614. The average molecular weight is 297 g/mol. The number of hydrogen-bond acceptors (Lipinski definition) is 0. The van der Waals surface area contributed by atoms with Crippen molar-refractivity contribution in [2.24, 2.45) is 0 Å². The van der Waals surface area contributed by atoms with Crippen LogP contribution in [0, 0.1) is 0 Å². The summed E-state index contributed by atoms with van der Waals surface area (Å²) in [6, 6.07) is 0. The Morgan fingerprint density at radius 1 is 0.800 bits per heavy atom. The van der Waals surface area contributed by atoms with Crippen LogP contribution < -0.4 is 0 Å². The van der Waals surface area contributed by atoms with Gasteiger partial charge in [0.05, 0.1) is 8.07 Å². The summed E-state index contributed by atoms with van der Waals surface area (Å²) in [6.45, 7) is 19.5. The molecule has 0 aromatic rings. The molecule has 0 aromatic heterocycles. The zero-order valence-corrected chi connectivity index (χ0v) is 16.5. The van der Waals surface area contributed by atoms with Crippen molar-refractivity contribution in [3.05, 3.63) is 12.2 Å². The lowest BCUT2D eigenvalue weighted by Crippen LogP contribution is -2.48. The number of allylic oxidation sites excluding steroid dienone is 2. The molecule has 20 heavy (non-hydrogen) atoms. The Labute approximate surface area is 130 Å². The van der Waals surface area contributed by atoms with Crippen LogP contribution in [0.4, 0.5) is 0 Å². The summed E-state index contributed by atoms with van der Waals surface area (Å²) in [5.74, 6) is 0. The predicted molar refractivity (Wildman–Crippen MR) is 98.4 cm³/mol. The third-order valence-corrected chi connectivity index (χ3v) is 13.2. The van der Waals surface area contributed by atoms with Crippen molar-refractivity contribution in [1.29, 1.82) is 0 Å². The maximum atomic E-state index is 2.57. The lowest BCUT2D eigenvalue weighted by Gasteiger charge is -2.48. The Morgan fingerprint density at radius 3 is 1.65 bits per heavy atom. The Hall–Kier alpha value is -0.0431. The van der Waals surface area contributed by atoms with Crippen LogP contribution in [0.1, 0.15) is 87.5 Å². The summed E-state index contributed by atoms with van der Waals surface area (Å²) in [5.41, 5.74) is 3.48. The minimum atomic E-state index is -1.32. The van der Waals surface area contributed by atoms with Crippen LogP contribution in [0.25, 0.3) is 0 Å². The van der Waals surface area contributed by atoms with Crippen molar-refractivity contribution >= 4 is 8.07 Å². The van der Waals surface area contributed by atoms with Crippen molar-refractivity contribution < 1.29 is 0 Å². The van der Waals surface area contributed by atoms with Gasteiger partial charge in [-0.1, -0.05) is 103 Å². The Balaban J connectivity index is 5.21. The van der Waals surface area contributed by atoms with Crippen LogP contribution in [-0.4, -0.2) is 8.07 Å². The van der Waals surface area contributed by atoms with Crippen molar-refractivity contribution in [2.75, 3.05) is 0 Å². The first-order valence-corrected chi connectivity index (χ1v) is 11.3. The van der Waals surface area contributed by atoms with Crippen LogP contribution in [-0.2, 0) is 0 Å². The van der Waals surface area contributed by atoms with Gasteiger partial charge in [-0.25, -0.2) is 0 Å². The van der Waals surface area contributed by atoms with Crippen molar-refractivity contribution in [1.82, 2.24) is 0 Å². The molecule has 0 aliphatic rings. The summed E-state index contributed by atoms with van der Waals surface area (Å²) >= 11 is 0. The second kappa shape index (κ2) is 9.81. The van der Waals surface area contributed by atoms with E-state index in [0.29, 0.717) is 0 Å². The van der Waals surface area contributed by atoms with E-state index in [2.05, 4.69) is 67.5 Å². The zero-order chi connectivity index (χ0) is 15.8. The van der Waals surface area contributed by atoms with Crippen LogP contribution in [0.3, 0.4) is 0 Å². The zero-order valence-electron chi connectivity index (χ0n) is 15.5. The van der Waals surface area contributed by atoms with Crippen LogP contribution in [0.2, 0.25) is 22.2 Å². The van der Waals surface area contributed by atoms with E-state index in [-0.39, 0.29) is 0 Å². The van der Waals surface area contributed by atoms with E-state index in [1.54, 1.807) is 0 Å². The summed E-state index contributed by atoms with van der Waals surface area (Å²) in [6.07, 6.45) is 11.9. The highest BCUT2D eigenvalue weighted by molar-refractivity contribution is 6.85. The highest BCUT2D eigenvalue weighted by atomic mass is 28.3. The molecule has 0 amide bonds. The van der Waals surface area contributed by atoms with Gasteiger partial charge in [0, 0.05) is 0 Å². The molecule has 0 N–H and O–H groups in total. The van der Waals surface area contributed by atoms with Gasteiger partial charge in [0.15, 0.2) is 0 Å². The van der Waals surface area contributed by atoms with E-state index in [0.717, 1.165) is 22.2 Å². The fourth-order valence-corrected chi connectivity index (χ4v) is 12.6. The molecule has 0 aliphatic heterocycles. The molecule has 0 nitrogen and oxygen atoms in total. The van der Waals surface area contributed by atoms with Crippen LogP contribution in [0.15, 0.2) is 12.2 Å². The normalized spacial score (nSPS) is 14.9. The molecule has 0 spiro atoms. The molecule has 0 saturated carbocycles. The molecular formula is C19H40Si. The minimum absolute atomic E-state index is 0.865. The average Bonchev–Trinajstić information content (AvgIpc) is 2.33. The number of rotatable bonds is 10. The van der Waals surface area contributed by atoms with Crippen molar-refractivity contribution in [2.45, 2.75) is 110 Å². The van der Waals surface area contributed by atoms with E-state index in [1.165, 1.54) is 32.1 Å². The number of unbranched alkanes of at least 4 members (excludes halogenated alkanes) is 3. The quantitative estimate of drug-likeness (QED) is 0.221. The first-order chi connectivity index (χ1) is 9.35. The van der Waals surface area contributed by atoms with Gasteiger partial charge in [0.1, 0.15) is 0 Å². The molecule has 0 radical (unpaired) electrons. The highest BCUT2D eigenvalue weighted by Gasteiger charge is 2.47. The maximum Gasteiger partial charge on any atom is 0.0681 e. The molecule has 1 atom stereocenters. The monoisotopic (exact) mass is 296 g/mol. The number of hydrogen-bond donors (Lipinski definition) is 0. The maximum absolute atomic E-state index is 2.57. The molecule has 0 saturated heterocycles. The van der Waals surface area contributed by atoms with Gasteiger partial charge in [-0.2, -0.15) is 0 Å². The Bertz CT molecular complexity index is 241. The summed E-state index contributed by atoms with van der Waals surface area (Å²) in [7, 11) is -1.32. The summed E-state index contributed by atoms with van der Waals surface area (Å²) in [4.78, 5) is 0. The Morgan fingerprint density at radius 2 is 1.30 bits per heavy atom. The van der Waals surface area contributed by atoms with E-state index < -0.39 is 8.07 Å². The van der Waals surface area contributed by atoms with Crippen LogP contribution in [0.5, 0.6) is 0 Å². The molecular weight excluding hydrogens is 256 g/mol. The molecule has 0 aliphatic carbocycles. The van der Waals surface area contributed by atoms with E-state index in [4.69, 9.17) is 0 Å². The SMILES string of the molecule is C/C=C\[C@H](CCCCCC)[Si](C(C)C)(C(C)C)C(C)C. The first kappa shape index (κ1) is 20.0. The van der Waals surface area contributed by atoms with Gasteiger partial charge in [-0.15, -0.1) is 0 Å². The van der Waals surface area contributed by atoms with Crippen LogP contribution >= 0.6 is 0 Å². The second-order valence-electron chi connectivity index (χ2n) is 7.45. The molecule has 0 aromatic carbocycles. The fourth-order valence-electron chi connectivity index (χ4n) is 4.82. The lowest BCUT2D eigenvalue weighted by atomic mass is 10.1. The van der Waals surface area contributed by atoms with Crippen molar-refractivity contribution in [3.63, 3.8) is 0 Å². The predicted octanol–water partition coefficient (Wildman–Crippen LogP) is 7.58. The molecule has 0 unspecified atom stereocenters. The molecule has 0 fully saturated rings. The van der Waals surface area contributed by atoms with E-state index in [1.807, 2.05) is 0 Å². The first-order valence-electron chi connectivity index (χ1n) is 8.98. The minimum Gasteiger partial charge on any atom is -0.0917 e. The van der Waals surface area contributed by atoms with Gasteiger partial charge in [-0.3, -0.25) is 0 Å². The smallest absolute Gasteiger partial charge is 0.0681 e. The summed E-state index contributed by atoms with van der Waals surface area (Å²) < 4.78 is 0. The standard InChI is InChI=1S/C19H40Si/c1-9-11-12-13-15-19(14-10-2)20(16(3)4,17(5)6)18(7)8/h10,14,16-19H,9,11-13,15H2,1-8H3/b14-10-/t19-/m1/s1. The third-order valence-electron chi connectivity index (χ3n) is 5.44. The second-order valence-corrected chi connectivity index (χ2v) is 13.7. The van der Waals surface area contributed by atoms with Gasteiger partial charge >= 0.3 is 0 Å². The molecule has 0 heterocycles. The molecule has 0 bridgehead atoms. The largest absolute Gasteiger partial charge is 0.0917 e. The third kappa shape index (κ3) is 4.75. The van der Waals surface area contributed by atoms with Crippen molar-refractivity contribution in [3.8, 4) is 0 Å². The van der Waals surface area contributed by atoms with E-state index >= 15 is 0 Å². The van der Waals surface area contributed by atoms with Gasteiger partial charge < -0.3 is 0 Å². The molecule has 120 valence electrons. The van der Waals surface area contributed by atoms with Gasteiger partial charge in [-0.05, 0) is 18.9 Å². The molecule has 1 heteroatoms. The summed E-state index contributed by atoms with van der Waals surface area (Å²) in [5, 5.41) is 0. The Kier molecular flexibility index (Phi) is 9.79. The highest BCUT2D eigenvalue weighted by Crippen LogP contribution is 2.51. The van der Waals surface area contributed by atoms with Gasteiger partial charge in [0.25, 0.3) is 0 Å².